The third-order valence-corrected chi connectivity index (χ3v) is 3.38. The Morgan fingerprint density at radius 3 is 2.91 bits per heavy atom. The van der Waals surface area contributed by atoms with Crippen molar-refractivity contribution >= 4 is 33.8 Å². The SMILES string of the molecule is CCCOc1ccc(Br)cc1/C=C\c1onc(C)c1[N+](=O)[O-]. The van der Waals surface area contributed by atoms with Crippen molar-refractivity contribution in [2.45, 2.75) is 20.3 Å². The van der Waals surface area contributed by atoms with Crippen LogP contribution in [-0.2, 0) is 0 Å². The van der Waals surface area contributed by atoms with Crippen LogP contribution >= 0.6 is 15.9 Å². The summed E-state index contributed by atoms with van der Waals surface area (Å²) in [6, 6.07) is 5.60. The van der Waals surface area contributed by atoms with Gasteiger partial charge in [0.15, 0.2) is 5.69 Å². The lowest BCUT2D eigenvalue weighted by atomic mass is 10.1. The number of rotatable bonds is 6. The molecule has 0 aliphatic carbocycles. The Bertz CT molecular complexity index is 710. The number of ether oxygens (including phenoxy) is 1. The molecule has 2 rings (SSSR count). The highest BCUT2D eigenvalue weighted by Gasteiger charge is 2.22. The van der Waals surface area contributed by atoms with E-state index in [1.807, 2.05) is 25.1 Å². The predicted molar refractivity (Wildman–Crippen MR) is 86.8 cm³/mol. The van der Waals surface area contributed by atoms with E-state index >= 15 is 0 Å². The quantitative estimate of drug-likeness (QED) is 0.550. The fourth-order valence-corrected chi connectivity index (χ4v) is 2.25. The summed E-state index contributed by atoms with van der Waals surface area (Å²) < 4.78 is 11.5. The molecule has 0 bridgehead atoms. The second-order valence-electron chi connectivity index (χ2n) is 4.60. The molecule has 0 atom stereocenters. The summed E-state index contributed by atoms with van der Waals surface area (Å²) in [5.74, 6) is 0.823. The van der Waals surface area contributed by atoms with Gasteiger partial charge in [0.25, 0.3) is 0 Å². The molecule has 0 amide bonds. The van der Waals surface area contributed by atoms with E-state index in [1.54, 1.807) is 6.08 Å². The third kappa shape index (κ3) is 3.73. The summed E-state index contributed by atoms with van der Waals surface area (Å²) in [4.78, 5) is 10.5. The summed E-state index contributed by atoms with van der Waals surface area (Å²) in [6.45, 7) is 4.16. The lowest BCUT2D eigenvalue weighted by molar-refractivity contribution is -0.386. The van der Waals surface area contributed by atoms with Crippen LogP contribution in [0.2, 0.25) is 0 Å². The van der Waals surface area contributed by atoms with Crippen molar-refractivity contribution < 1.29 is 14.2 Å². The minimum Gasteiger partial charge on any atom is -0.493 e. The van der Waals surface area contributed by atoms with Crippen LogP contribution in [0.1, 0.15) is 30.4 Å². The average molecular weight is 367 g/mol. The van der Waals surface area contributed by atoms with Crippen molar-refractivity contribution in [1.29, 1.82) is 0 Å². The Morgan fingerprint density at radius 1 is 1.45 bits per heavy atom. The maximum absolute atomic E-state index is 11.0. The van der Waals surface area contributed by atoms with Crippen molar-refractivity contribution in [3.05, 3.63) is 49.8 Å². The molecule has 0 saturated heterocycles. The van der Waals surface area contributed by atoms with Crippen LogP contribution in [0.3, 0.4) is 0 Å². The smallest absolute Gasteiger partial charge is 0.338 e. The largest absolute Gasteiger partial charge is 0.493 e. The fraction of sp³-hybridized carbons (Fsp3) is 0.267. The van der Waals surface area contributed by atoms with Crippen molar-refractivity contribution in [2.24, 2.45) is 0 Å². The molecule has 0 spiro atoms. The summed E-state index contributed by atoms with van der Waals surface area (Å²) in [5.41, 5.74) is 0.926. The van der Waals surface area contributed by atoms with Crippen LogP contribution < -0.4 is 4.74 Å². The van der Waals surface area contributed by atoms with Crippen LogP contribution in [0, 0.1) is 17.0 Å². The summed E-state index contributed by atoms with van der Waals surface area (Å²) in [6.07, 6.45) is 4.13. The van der Waals surface area contributed by atoms with Crippen LogP contribution in [-0.4, -0.2) is 16.7 Å². The van der Waals surface area contributed by atoms with Gasteiger partial charge >= 0.3 is 5.69 Å². The molecule has 6 nitrogen and oxygen atoms in total. The molecule has 0 aliphatic rings. The van der Waals surface area contributed by atoms with Crippen molar-refractivity contribution in [3.63, 3.8) is 0 Å². The maximum Gasteiger partial charge on any atom is 0.338 e. The molecule has 0 unspecified atom stereocenters. The van der Waals surface area contributed by atoms with E-state index in [-0.39, 0.29) is 17.1 Å². The number of hydrogen-bond acceptors (Lipinski definition) is 5. The molecular formula is C15H15BrN2O4. The number of nitro groups is 1. The van der Waals surface area contributed by atoms with E-state index in [9.17, 15) is 10.1 Å². The number of aromatic nitrogens is 1. The zero-order valence-corrected chi connectivity index (χ0v) is 13.8. The van der Waals surface area contributed by atoms with Crippen molar-refractivity contribution in [1.82, 2.24) is 5.16 Å². The zero-order valence-electron chi connectivity index (χ0n) is 12.2. The van der Waals surface area contributed by atoms with Gasteiger partial charge in [0.1, 0.15) is 5.75 Å². The van der Waals surface area contributed by atoms with Gasteiger partial charge in [-0.05, 0) is 43.7 Å². The van der Waals surface area contributed by atoms with Gasteiger partial charge in [0, 0.05) is 10.0 Å². The van der Waals surface area contributed by atoms with Crippen LogP contribution in [0.4, 0.5) is 5.69 Å². The van der Waals surface area contributed by atoms with Crippen molar-refractivity contribution in [2.75, 3.05) is 6.61 Å². The lowest BCUT2D eigenvalue weighted by Gasteiger charge is -2.08. The Hall–Kier alpha value is -2.15. The van der Waals surface area contributed by atoms with Gasteiger partial charge in [-0.25, -0.2) is 0 Å². The second-order valence-corrected chi connectivity index (χ2v) is 5.52. The highest BCUT2D eigenvalue weighted by atomic mass is 79.9. The Labute approximate surface area is 136 Å². The van der Waals surface area contributed by atoms with Crippen molar-refractivity contribution in [3.8, 4) is 5.75 Å². The molecule has 22 heavy (non-hydrogen) atoms. The van der Waals surface area contributed by atoms with E-state index < -0.39 is 4.92 Å². The fourth-order valence-electron chi connectivity index (χ4n) is 1.87. The maximum atomic E-state index is 11.0. The average Bonchev–Trinajstić information content (AvgIpc) is 2.85. The van der Waals surface area contributed by atoms with Gasteiger partial charge in [-0.2, -0.15) is 0 Å². The Kier molecular flexibility index (Phi) is 5.32. The molecule has 0 fully saturated rings. The van der Waals surface area contributed by atoms with Crippen LogP contribution in [0.25, 0.3) is 12.2 Å². The predicted octanol–water partition coefficient (Wildman–Crippen LogP) is 4.61. The summed E-state index contributed by atoms with van der Waals surface area (Å²) in [5, 5.41) is 14.6. The lowest BCUT2D eigenvalue weighted by Crippen LogP contribution is -1.96. The first kappa shape index (κ1) is 16.2. The van der Waals surface area contributed by atoms with E-state index in [2.05, 4.69) is 21.1 Å². The topological polar surface area (TPSA) is 78.4 Å². The van der Waals surface area contributed by atoms with Crippen LogP contribution in [0.5, 0.6) is 5.75 Å². The number of aryl methyl sites for hydroxylation is 1. The molecule has 7 heteroatoms. The van der Waals surface area contributed by atoms with Crippen LogP contribution in [0.15, 0.2) is 27.2 Å². The number of benzene rings is 1. The van der Waals surface area contributed by atoms with Gasteiger partial charge in [-0.3, -0.25) is 10.1 Å². The number of nitrogens with zero attached hydrogens (tertiary/aromatic N) is 2. The molecule has 0 aliphatic heterocycles. The molecule has 1 heterocycles. The first-order chi connectivity index (χ1) is 10.5. The highest BCUT2D eigenvalue weighted by Crippen LogP contribution is 2.28. The molecule has 0 radical (unpaired) electrons. The zero-order chi connectivity index (χ0) is 16.1. The first-order valence-electron chi connectivity index (χ1n) is 6.74. The molecular weight excluding hydrogens is 352 g/mol. The molecule has 0 saturated carbocycles. The molecule has 2 aromatic rings. The van der Waals surface area contributed by atoms with E-state index in [4.69, 9.17) is 9.26 Å². The summed E-state index contributed by atoms with van der Waals surface area (Å²) >= 11 is 3.40. The third-order valence-electron chi connectivity index (χ3n) is 2.89. The minimum absolute atomic E-state index is 0.115. The molecule has 0 N–H and O–H groups in total. The van der Waals surface area contributed by atoms with E-state index in [0.717, 1.165) is 16.5 Å². The number of hydrogen-bond donors (Lipinski definition) is 0. The second kappa shape index (κ2) is 7.22. The van der Waals surface area contributed by atoms with Gasteiger partial charge in [0.05, 0.1) is 11.5 Å². The van der Waals surface area contributed by atoms with Gasteiger partial charge in [-0.1, -0.05) is 28.0 Å². The van der Waals surface area contributed by atoms with Gasteiger partial charge in [-0.15, -0.1) is 0 Å². The van der Waals surface area contributed by atoms with Gasteiger partial charge in [0.2, 0.25) is 5.76 Å². The molecule has 1 aromatic heterocycles. The van der Waals surface area contributed by atoms with E-state index in [0.29, 0.717) is 12.4 Å². The summed E-state index contributed by atoms with van der Waals surface area (Å²) in [7, 11) is 0. The number of halogens is 1. The van der Waals surface area contributed by atoms with E-state index in [1.165, 1.54) is 13.0 Å². The highest BCUT2D eigenvalue weighted by molar-refractivity contribution is 9.10. The monoisotopic (exact) mass is 366 g/mol. The molecule has 116 valence electrons. The normalized spacial score (nSPS) is 11.0. The first-order valence-corrected chi connectivity index (χ1v) is 7.53. The molecule has 1 aromatic carbocycles. The standard InChI is InChI=1S/C15H15BrN2O4/c1-3-8-21-13-7-5-12(16)9-11(13)4-6-14-15(18(19)20)10(2)17-22-14/h4-7,9H,3,8H2,1-2H3/b6-4-. The minimum atomic E-state index is -0.499. The van der Waals surface area contributed by atoms with Gasteiger partial charge < -0.3 is 9.26 Å². The Morgan fingerprint density at radius 2 is 2.23 bits per heavy atom. The Balaban J connectivity index is 2.33.